The Balaban J connectivity index is 2.34. The van der Waals surface area contributed by atoms with E-state index in [0.717, 1.165) is 4.40 Å². The van der Waals surface area contributed by atoms with E-state index in [0.29, 0.717) is 0 Å². The fraction of sp³-hybridized carbons (Fsp3) is 0.118. The number of hydrogen-bond donors (Lipinski definition) is 0. The van der Waals surface area contributed by atoms with E-state index in [1.54, 1.807) is 0 Å². The number of ether oxygens (including phenoxy) is 1. The molecule has 0 bridgehead atoms. The van der Waals surface area contributed by atoms with E-state index in [1.165, 1.54) is 43.5 Å². The van der Waals surface area contributed by atoms with Gasteiger partial charge in [-0.1, -0.05) is 35.3 Å². The summed E-state index contributed by atoms with van der Waals surface area (Å²) in [7, 11) is 0. The summed E-state index contributed by atoms with van der Waals surface area (Å²) in [6.45, 7) is 0.922. The molecule has 0 N–H and O–H groups in total. The molecule has 0 amide bonds. The highest BCUT2D eigenvalue weighted by atomic mass is 35.5. The number of hydrogen-bond acceptors (Lipinski definition) is 6. The first-order chi connectivity index (χ1) is 12.8. The Morgan fingerprint density at radius 2 is 2.07 bits per heavy atom. The summed E-state index contributed by atoms with van der Waals surface area (Å²) in [4.78, 5) is 39.1. The molecule has 0 atom stereocenters. The fourth-order valence-electron chi connectivity index (χ4n) is 2.55. The molecule has 0 aliphatic rings. The van der Waals surface area contributed by atoms with Crippen molar-refractivity contribution in [3.05, 3.63) is 72.7 Å². The van der Waals surface area contributed by atoms with Gasteiger partial charge in [-0.25, -0.2) is 4.98 Å². The third-order valence-corrected chi connectivity index (χ3v) is 4.16. The second kappa shape index (κ2) is 7.34. The smallest absolute Gasteiger partial charge is 0.303 e. The molecular weight excluding hydrogens is 397 g/mol. The normalized spacial score (nSPS) is 10.8. The van der Waals surface area contributed by atoms with Gasteiger partial charge in [0.25, 0.3) is 11.2 Å². The standard InChI is InChI=1S/C17H11Cl2N3O5/c1-9(23)27-8-14-15(10-3-2-4-12(5-10)22(25)26)17(24)21-7-11(18)6-13(19)16(21)20-14/h2-7H,8H2,1H3. The van der Waals surface area contributed by atoms with Gasteiger partial charge in [-0.05, 0) is 11.6 Å². The molecule has 3 aromatic rings. The van der Waals surface area contributed by atoms with E-state index in [2.05, 4.69) is 4.98 Å². The molecule has 0 saturated carbocycles. The quantitative estimate of drug-likeness (QED) is 0.371. The minimum Gasteiger partial charge on any atom is -0.459 e. The van der Waals surface area contributed by atoms with Crippen LogP contribution in [0.25, 0.3) is 16.8 Å². The van der Waals surface area contributed by atoms with Gasteiger partial charge in [-0.15, -0.1) is 0 Å². The predicted molar refractivity (Wildman–Crippen MR) is 99.0 cm³/mol. The molecular formula is C17H11Cl2N3O5. The molecule has 2 heterocycles. The predicted octanol–water partition coefficient (Wildman–Crippen LogP) is 3.64. The first kappa shape index (κ1) is 18.8. The second-order valence-electron chi connectivity index (χ2n) is 5.53. The Morgan fingerprint density at radius 3 is 2.74 bits per heavy atom. The van der Waals surface area contributed by atoms with Crippen LogP contribution >= 0.6 is 23.2 Å². The van der Waals surface area contributed by atoms with E-state index >= 15 is 0 Å². The highest BCUT2D eigenvalue weighted by Gasteiger charge is 2.19. The fourth-order valence-corrected chi connectivity index (χ4v) is 3.07. The zero-order valence-electron chi connectivity index (χ0n) is 13.8. The Bertz CT molecular complexity index is 1140. The molecule has 0 unspecified atom stereocenters. The summed E-state index contributed by atoms with van der Waals surface area (Å²) < 4.78 is 6.13. The average molecular weight is 408 g/mol. The van der Waals surface area contributed by atoms with Crippen LogP contribution in [0, 0.1) is 10.1 Å². The van der Waals surface area contributed by atoms with E-state index in [9.17, 15) is 19.7 Å². The monoisotopic (exact) mass is 407 g/mol. The minimum atomic E-state index is -0.574. The number of nitro groups is 1. The summed E-state index contributed by atoms with van der Waals surface area (Å²) in [6.07, 6.45) is 1.34. The number of nitro benzene ring substituents is 1. The maximum Gasteiger partial charge on any atom is 0.303 e. The molecule has 2 aromatic heterocycles. The summed E-state index contributed by atoms with van der Waals surface area (Å²) in [5, 5.41) is 11.4. The zero-order chi connectivity index (χ0) is 19.7. The molecule has 0 radical (unpaired) electrons. The number of rotatable bonds is 4. The molecule has 27 heavy (non-hydrogen) atoms. The van der Waals surface area contributed by atoms with Gasteiger partial charge in [0.05, 0.1) is 26.2 Å². The third kappa shape index (κ3) is 3.76. The van der Waals surface area contributed by atoms with E-state index < -0.39 is 16.5 Å². The molecule has 138 valence electrons. The first-order valence-electron chi connectivity index (χ1n) is 7.56. The van der Waals surface area contributed by atoms with Crippen LogP contribution in [0.1, 0.15) is 12.6 Å². The highest BCUT2D eigenvalue weighted by molar-refractivity contribution is 6.36. The lowest BCUT2D eigenvalue weighted by molar-refractivity contribution is -0.384. The molecule has 0 aliphatic heterocycles. The Labute approximate surface area is 162 Å². The van der Waals surface area contributed by atoms with Gasteiger partial charge in [-0.3, -0.25) is 24.1 Å². The molecule has 0 aliphatic carbocycles. The van der Waals surface area contributed by atoms with E-state index in [4.69, 9.17) is 27.9 Å². The van der Waals surface area contributed by atoms with Crippen LogP contribution in [0.4, 0.5) is 5.69 Å². The van der Waals surface area contributed by atoms with Crippen molar-refractivity contribution in [2.75, 3.05) is 0 Å². The molecule has 0 saturated heterocycles. The molecule has 0 fully saturated rings. The number of carbonyl (C=O) groups excluding carboxylic acids is 1. The van der Waals surface area contributed by atoms with Crippen LogP contribution in [0.15, 0.2) is 41.3 Å². The number of non-ortho nitro benzene ring substituents is 1. The van der Waals surface area contributed by atoms with Gasteiger partial charge in [0.1, 0.15) is 6.61 Å². The summed E-state index contributed by atoms with van der Waals surface area (Å²) >= 11 is 12.1. The van der Waals surface area contributed by atoms with Gasteiger partial charge >= 0.3 is 5.97 Å². The number of halogens is 2. The summed E-state index contributed by atoms with van der Waals surface area (Å²) in [6, 6.07) is 6.94. The van der Waals surface area contributed by atoms with Gasteiger partial charge in [0.2, 0.25) is 0 Å². The number of benzene rings is 1. The first-order valence-corrected chi connectivity index (χ1v) is 8.32. The van der Waals surface area contributed by atoms with Crippen molar-refractivity contribution >= 4 is 40.5 Å². The van der Waals surface area contributed by atoms with Crippen LogP contribution in [0.5, 0.6) is 0 Å². The Hall–Kier alpha value is -2.97. The average Bonchev–Trinajstić information content (AvgIpc) is 2.61. The van der Waals surface area contributed by atoms with Gasteiger partial charge in [0.15, 0.2) is 5.65 Å². The van der Waals surface area contributed by atoms with Crippen molar-refractivity contribution in [2.45, 2.75) is 13.5 Å². The number of aromatic nitrogens is 2. The molecule has 8 nitrogen and oxygen atoms in total. The maximum absolute atomic E-state index is 13.1. The van der Waals surface area contributed by atoms with Gasteiger partial charge in [-0.2, -0.15) is 0 Å². The lowest BCUT2D eigenvalue weighted by atomic mass is 10.0. The highest BCUT2D eigenvalue weighted by Crippen LogP contribution is 2.27. The SMILES string of the molecule is CC(=O)OCc1nc2c(Cl)cc(Cl)cn2c(=O)c1-c1cccc([N+](=O)[O-])c1. The van der Waals surface area contributed by atoms with Crippen molar-refractivity contribution in [3.8, 4) is 11.1 Å². The van der Waals surface area contributed by atoms with Gasteiger partial charge in [0, 0.05) is 25.3 Å². The van der Waals surface area contributed by atoms with Crippen LogP contribution < -0.4 is 5.56 Å². The van der Waals surface area contributed by atoms with Gasteiger partial charge < -0.3 is 4.74 Å². The minimum absolute atomic E-state index is 0.0517. The van der Waals surface area contributed by atoms with E-state index in [1.807, 2.05) is 0 Å². The summed E-state index contributed by atoms with van der Waals surface area (Å²) in [5.74, 6) is -0.566. The number of pyridine rings is 1. The second-order valence-corrected chi connectivity index (χ2v) is 6.37. The lowest BCUT2D eigenvalue weighted by Gasteiger charge is -2.12. The van der Waals surface area contributed by atoms with Crippen LogP contribution in [0.3, 0.4) is 0 Å². The van der Waals surface area contributed by atoms with Crippen LogP contribution in [-0.4, -0.2) is 20.3 Å². The van der Waals surface area contributed by atoms with Crippen molar-refractivity contribution in [2.24, 2.45) is 0 Å². The summed E-state index contributed by atoms with van der Waals surface area (Å²) in [5.41, 5.74) is -0.181. The van der Waals surface area contributed by atoms with Crippen LogP contribution in [0.2, 0.25) is 10.0 Å². The molecule has 10 heteroatoms. The van der Waals surface area contributed by atoms with Crippen LogP contribution in [-0.2, 0) is 16.1 Å². The Kier molecular flexibility index (Phi) is 5.11. The number of nitrogens with zero attached hydrogens (tertiary/aromatic N) is 3. The van der Waals surface area contributed by atoms with E-state index in [-0.39, 0.29) is 44.8 Å². The lowest BCUT2D eigenvalue weighted by Crippen LogP contribution is -2.21. The van der Waals surface area contributed by atoms with Crippen molar-refractivity contribution in [1.82, 2.24) is 9.38 Å². The van der Waals surface area contributed by atoms with Crippen molar-refractivity contribution in [1.29, 1.82) is 0 Å². The molecule has 0 spiro atoms. The maximum atomic E-state index is 13.1. The number of esters is 1. The zero-order valence-corrected chi connectivity index (χ0v) is 15.3. The topological polar surface area (TPSA) is 104 Å². The van der Waals surface area contributed by atoms with Crippen molar-refractivity contribution < 1.29 is 14.5 Å². The molecule has 3 rings (SSSR count). The number of fused-ring (bicyclic) bond motifs is 1. The Morgan fingerprint density at radius 1 is 1.33 bits per heavy atom. The van der Waals surface area contributed by atoms with Crippen molar-refractivity contribution in [3.63, 3.8) is 0 Å². The number of carbonyl (C=O) groups is 1. The third-order valence-electron chi connectivity index (χ3n) is 3.68. The largest absolute Gasteiger partial charge is 0.459 e. The molecule has 1 aromatic carbocycles.